The minimum absolute atomic E-state index is 0.0681. The molecule has 2 N–H and O–H groups in total. The molecular weight excluding hydrogens is 290 g/mol. The Morgan fingerprint density at radius 3 is 2.71 bits per heavy atom. The highest BCUT2D eigenvalue weighted by Gasteiger charge is 2.11. The Bertz CT molecular complexity index is 797. The largest absolute Gasteiger partial charge is 0.366 e. The molecule has 0 aliphatic rings. The molecule has 0 radical (unpaired) electrons. The maximum atomic E-state index is 11.8. The van der Waals surface area contributed by atoms with Crippen LogP contribution in [0.5, 0.6) is 0 Å². The first-order valence-corrected chi connectivity index (χ1v) is 8.19. The van der Waals surface area contributed by atoms with E-state index in [0.717, 1.165) is 5.56 Å². The van der Waals surface area contributed by atoms with Crippen molar-refractivity contribution in [3.05, 3.63) is 52.1 Å². The summed E-state index contributed by atoms with van der Waals surface area (Å²) in [6.45, 7) is 3.70. The van der Waals surface area contributed by atoms with Crippen molar-refractivity contribution in [3.8, 4) is 0 Å². The van der Waals surface area contributed by atoms with Gasteiger partial charge in [-0.25, -0.2) is 13.4 Å². The summed E-state index contributed by atoms with van der Waals surface area (Å²) in [5.41, 5.74) is 0.580. The molecule has 0 fully saturated rings. The molecule has 1 aromatic heterocycles. The van der Waals surface area contributed by atoms with E-state index >= 15 is 0 Å². The molecule has 2 aromatic rings. The van der Waals surface area contributed by atoms with Crippen LogP contribution in [0.3, 0.4) is 0 Å². The maximum Gasteiger partial charge on any atom is 0.252 e. The third-order valence-electron chi connectivity index (χ3n) is 2.97. The minimum atomic E-state index is -3.22. The smallest absolute Gasteiger partial charge is 0.252 e. The van der Waals surface area contributed by atoms with Crippen LogP contribution in [0.25, 0.3) is 0 Å². The lowest BCUT2D eigenvalue weighted by molar-refractivity contribution is 0.597. The summed E-state index contributed by atoms with van der Waals surface area (Å²) in [4.78, 5) is 18.3. The Labute approximate surface area is 123 Å². The van der Waals surface area contributed by atoms with E-state index in [1.54, 1.807) is 32.0 Å². The zero-order valence-electron chi connectivity index (χ0n) is 11.9. The number of nitrogens with zero attached hydrogens (tertiary/aromatic N) is 1. The van der Waals surface area contributed by atoms with Crippen molar-refractivity contribution >= 4 is 15.7 Å². The lowest BCUT2D eigenvalue weighted by Crippen LogP contribution is -2.12. The van der Waals surface area contributed by atoms with Gasteiger partial charge in [-0.3, -0.25) is 4.79 Å². The van der Waals surface area contributed by atoms with E-state index in [1.165, 1.54) is 6.07 Å². The molecular formula is C14H17N3O3S. The molecule has 2 rings (SSSR count). The molecule has 0 spiro atoms. The summed E-state index contributed by atoms with van der Waals surface area (Å²) in [5.74, 6) is 1.05. The summed E-state index contributed by atoms with van der Waals surface area (Å²) in [7, 11) is -3.22. The summed E-state index contributed by atoms with van der Waals surface area (Å²) in [5, 5.41) is 3.01. The fraction of sp³-hybridized carbons (Fsp3) is 0.286. The second kappa shape index (κ2) is 6.09. The number of H-pyrrole nitrogens is 1. The van der Waals surface area contributed by atoms with Crippen molar-refractivity contribution in [2.75, 3.05) is 11.1 Å². The van der Waals surface area contributed by atoms with Gasteiger partial charge in [0, 0.05) is 12.6 Å². The molecule has 0 saturated heterocycles. The third kappa shape index (κ3) is 3.91. The average Bonchev–Trinajstić information content (AvgIpc) is 2.44. The summed E-state index contributed by atoms with van der Waals surface area (Å²) in [6, 6.07) is 8.10. The van der Waals surface area contributed by atoms with Crippen LogP contribution >= 0.6 is 0 Å². The topological polar surface area (TPSA) is 91.9 Å². The van der Waals surface area contributed by atoms with Gasteiger partial charge in [0.1, 0.15) is 11.6 Å². The fourth-order valence-electron chi connectivity index (χ4n) is 1.88. The molecule has 112 valence electrons. The molecule has 1 aromatic carbocycles. The highest BCUT2D eigenvalue weighted by Crippen LogP contribution is 2.14. The number of rotatable bonds is 5. The van der Waals surface area contributed by atoms with Crippen molar-refractivity contribution in [3.63, 3.8) is 0 Å². The maximum absolute atomic E-state index is 11.8. The van der Waals surface area contributed by atoms with Crippen LogP contribution < -0.4 is 10.9 Å². The van der Waals surface area contributed by atoms with Crippen molar-refractivity contribution in [1.29, 1.82) is 0 Å². The highest BCUT2D eigenvalue weighted by molar-refractivity contribution is 7.91. The van der Waals surface area contributed by atoms with Crippen LogP contribution in [-0.2, 0) is 16.4 Å². The number of sulfone groups is 1. The number of hydrogen-bond acceptors (Lipinski definition) is 5. The lowest BCUT2D eigenvalue weighted by atomic mass is 10.2. The Hall–Kier alpha value is -2.15. The van der Waals surface area contributed by atoms with Gasteiger partial charge in [0.25, 0.3) is 5.56 Å². The Morgan fingerprint density at radius 2 is 2.05 bits per heavy atom. The van der Waals surface area contributed by atoms with E-state index in [2.05, 4.69) is 15.3 Å². The van der Waals surface area contributed by atoms with Gasteiger partial charge in [0.05, 0.1) is 10.6 Å². The van der Waals surface area contributed by atoms with Crippen molar-refractivity contribution in [2.24, 2.45) is 0 Å². The predicted molar refractivity (Wildman–Crippen MR) is 81.1 cm³/mol. The van der Waals surface area contributed by atoms with Crippen LogP contribution in [0.1, 0.15) is 18.3 Å². The van der Waals surface area contributed by atoms with Crippen molar-refractivity contribution in [2.45, 2.75) is 25.3 Å². The van der Waals surface area contributed by atoms with Crippen molar-refractivity contribution in [1.82, 2.24) is 9.97 Å². The quantitative estimate of drug-likeness (QED) is 0.873. The summed E-state index contributed by atoms with van der Waals surface area (Å²) < 4.78 is 23.7. The zero-order chi connectivity index (χ0) is 15.5. The van der Waals surface area contributed by atoms with E-state index in [-0.39, 0.29) is 11.3 Å². The van der Waals surface area contributed by atoms with Crippen LogP contribution in [0.2, 0.25) is 0 Å². The molecule has 0 atom stereocenters. The third-order valence-corrected chi connectivity index (χ3v) is 4.70. The predicted octanol–water partition coefficient (Wildman–Crippen LogP) is 1.48. The standard InChI is InChI=1S/C14H17N3O3S/c1-3-21(19,20)12-6-4-5-11(7-12)9-15-13-8-14(18)17-10(2)16-13/h4-8H,3,9H2,1-2H3,(H2,15,16,17,18). The molecule has 0 bridgehead atoms. The van der Waals surface area contributed by atoms with E-state index in [4.69, 9.17) is 0 Å². The second-order valence-electron chi connectivity index (χ2n) is 4.62. The van der Waals surface area contributed by atoms with Gasteiger partial charge in [-0.15, -0.1) is 0 Å². The molecule has 0 unspecified atom stereocenters. The molecule has 7 heteroatoms. The monoisotopic (exact) mass is 307 g/mol. The van der Waals surface area contributed by atoms with Crippen molar-refractivity contribution < 1.29 is 8.42 Å². The van der Waals surface area contributed by atoms with Gasteiger partial charge in [-0.05, 0) is 24.6 Å². The van der Waals surface area contributed by atoms with E-state index < -0.39 is 9.84 Å². The number of aryl methyl sites for hydroxylation is 1. The molecule has 0 aliphatic heterocycles. The van der Waals surface area contributed by atoms with Gasteiger partial charge in [-0.1, -0.05) is 19.1 Å². The fourth-order valence-corrected chi connectivity index (χ4v) is 2.83. The molecule has 0 aliphatic carbocycles. The van der Waals surface area contributed by atoms with E-state index in [0.29, 0.717) is 23.1 Å². The normalized spacial score (nSPS) is 11.3. The number of aromatic amines is 1. The van der Waals surface area contributed by atoms with Gasteiger partial charge in [0.2, 0.25) is 0 Å². The van der Waals surface area contributed by atoms with Crippen LogP contribution in [-0.4, -0.2) is 24.1 Å². The first kappa shape index (κ1) is 15.2. The Morgan fingerprint density at radius 1 is 1.29 bits per heavy atom. The van der Waals surface area contributed by atoms with E-state index in [9.17, 15) is 13.2 Å². The highest BCUT2D eigenvalue weighted by atomic mass is 32.2. The average molecular weight is 307 g/mol. The number of hydrogen-bond donors (Lipinski definition) is 2. The first-order valence-electron chi connectivity index (χ1n) is 6.54. The van der Waals surface area contributed by atoms with Gasteiger partial charge in [-0.2, -0.15) is 0 Å². The van der Waals surface area contributed by atoms with Crippen LogP contribution in [0.4, 0.5) is 5.82 Å². The number of aromatic nitrogens is 2. The molecule has 0 saturated carbocycles. The number of anilines is 1. The molecule has 1 heterocycles. The zero-order valence-corrected chi connectivity index (χ0v) is 12.7. The van der Waals surface area contributed by atoms with Gasteiger partial charge < -0.3 is 10.3 Å². The Balaban J connectivity index is 2.17. The summed E-state index contributed by atoms with van der Waals surface area (Å²) in [6.07, 6.45) is 0. The lowest BCUT2D eigenvalue weighted by Gasteiger charge is -2.08. The molecule has 0 amide bonds. The molecule has 6 nitrogen and oxygen atoms in total. The number of nitrogens with one attached hydrogen (secondary N) is 2. The number of benzene rings is 1. The first-order chi connectivity index (χ1) is 9.90. The molecule has 21 heavy (non-hydrogen) atoms. The second-order valence-corrected chi connectivity index (χ2v) is 6.90. The van der Waals surface area contributed by atoms with Crippen LogP contribution in [0, 0.1) is 6.92 Å². The van der Waals surface area contributed by atoms with Gasteiger partial charge in [0.15, 0.2) is 9.84 Å². The van der Waals surface area contributed by atoms with Crippen LogP contribution in [0.15, 0.2) is 40.0 Å². The summed E-state index contributed by atoms with van der Waals surface area (Å²) >= 11 is 0. The SMILES string of the molecule is CCS(=O)(=O)c1cccc(CNc2cc(=O)[nH]c(C)n2)c1. The van der Waals surface area contributed by atoms with E-state index in [1.807, 2.05) is 6.07 Å². The van der Waals surface area contributed by atoms with Gasteiger partial charge >= 0.3 is 0 Å². The minimum Gasteiger partial charge on any atom is -0.366 e. The Kier molecular flexibility index (Phi) is 4.42.